The van der Waals surface area contributed by atoms with Gasteiger partial charge in [-0.25, -0.2) is 0 Å². The molecule has 1 aromatic heterocycles. The fourth-order valence-corrected chi connectivity index (χ4v) is 3.32. The molecule has 6 heteroatoms. The predicted octanol–water partition coefficient (Wildman–Crippen LogP) is 0.653. The highest BCUT2D eigenvalue weighted by Crippen LogP contribution is 2.26. The second-order valence-corrected chi connectivity index (χ2v) is 6.19. The predicted molar refractivity (Wildman–Crippen MR) is 75.3 cm³/mol. The standard InChI is InChI=1S/C13H19N3O2S/c1-7-4-11(19-8(7)2)13(18)16-6-9(14)5-10(16)12(17)15-3/h4,9-10H,5-6,14H2,1-3H3,(H,15,17)/t9-,10-/m0/s1. The van der Waals surface area contributed by atoms with Gasteiger partial charge >= 0.3 is 0 Å². The van der Waals surface area contributed by atoms with Gasteiger partial charge in [0, 0.05) is 24.5 Å². The van der Waals surface area contributed by atoms with Crippen molar-refractivity contribution in [3.05, 3.63) is 21.4 Å². The minimum absolute atomic E-state index is 0.0947. The van der Waals surface area contributed by atoms with Gasteiger partial charge < -0.3 is 16.0 Å². The van der Waals surface area contributed by atoms with E-state index in [0.29, 0.717) is 17.8 Å². The molecule has 5 nitrogen and oxygen atoms in total. The van der Waals surface area contributed by atoms with Crippen LogP contribution >= 0.6 is 11.3 Å². The number of nitrogens with two attached hydrogens (primary N) is 1. The molecule has 0 bridgehead atoms. The minimum atomic E-state index is -0.449. The van der Waals surface area contributed by atoms with Crippen molar-refractivity contribution in [2.24, 2.45) is 5.73 Å². The maximum Gasteiger partial charge on any atom is 0.264 e. The first-order chi connectivity index (χ1) is 8.93. The number of hydrogen-bond acceptors (Lipinski definition) is 4. The van der Waals surface area contributed by atoms with E-state index in [0.717, 1.165) is 10.4 Å². The number of carbonyl (C=O) groups is 2. The summed E-state index contributed by atoms with van der Waals surface area (Å²) in [4.78, 5) is 27.7. The molecule has 1 aromatic rings. The average Bonchev–Trinajstić information content (AvgIpc) is 2.92. The summed E-state index contributed by atoms with van der Waals surface area (Å²) in [6.45, 7) is 4.41. The molecule has 104 valence electrons. The third-order valence-electron chi connectivity index (χ3n) is 3.52. The van der Waals surface area contributed by atoms with Gasteiger partial charge in [0.15, 0.2) is 0 Å². The molecule has 1 aliphatic rings. The van der Waals surface area contributed by atoms with Gasteiger partial charge in [-0.2, -0.15) is 0 Å². The van der Waals surface area contributed by atoms with Crippen LogP contribution in [0.3, 0.4) is 0 Å². The van der Waals surface area contributed by atoms with Crippen molar-refractivity contribution in [3.8, 4) is 0 Å². The van der Waals surface area contributed by atoms with Gasteiger partial charge in [-0.15, -0.1) is 11.3 Å². The molecular weight excluding hydrogens is 262 g/mol. The molecule has 0 unspecified atom stereocenters. The van der Waals surface area contributed by atoms with Crippen LogP contribution in [0.5, 0.6) is 0 Å². The summed E-state index contributed by atoms with van der Waals surface area (Å²) in [5, 5.41) is 2.60. The van der Waals surface area contributed by atoms with Crippen molar-refractivity contribution in [1.82, 2.24) is 10.2 Å². The normalized spacial score (nSPS) is 22.6. The average molecular weight is 281 g/mol. The number of nitrogens with zero attached hydrogens (tertiary/aromatic N) is 1. The molecule has 0 aliphatic carbocycles. The Bertz CT molecular complexity index is 492. The summed E-state index contributed by atoms with van der Waals surface area (Å²) in [6.07, 6.45) is 0.523. The molecule has 1 fully saturated rings. The Morgan fingerprint density at radius 2 is 2.16 bits per heavy atom. The maximum atomic E-state index is 12.5. The Kier molecular flexibility index (Phi) is 3.91. The van der Waals surface area contributed by atoms with E-state index in [1.54, 1.807) is 11.9 Å². The van der Waals surface area contributed by atoms with Crippen LogP contribution in [0.4, 0.5) is 0 Å². The quantitative estimate of drug-likeness (QED) is 0.836. The maximum absolute atomic E-state index is 12.5. The Morgan fingerprint density at radius 3 is 2.68 bits per heavy atom. The van der Waals surface area contributed by atoms with E-state index in [1.165, 1.54) is 11.3 Å². The lowest BCUT2D eigenvalue weighted by molar-refractivity contribution is -0.124. The van der Waals surface area contributed by atoms with E-state index in [-0.39, 0.29) is 17.9 Å². The molecule has 2 rings (SSSR count). The number of rotatable bonds is 2. The summed E-state index contributed by atoms with van der Waals surface area (Å²) in [7, 11) is 1.58. The summed E-state index contributed by atoms with van der Waals surface area (Å²) in [6, 6.07) is 1.30. The molecule has 2 heterocycles. The van der Waals surface area contributed by atoms with Gasteiger partial charge in [-0.1, -0.05) is 0 Å². The Balaban J connectivity index is 2.24. The zero-order valence-electron chi connectivity index (χ0n) is 11.4. The molecular formula is C13H19N3O2S. The third kappa shape index (κ3) is 2.64. The topological polar surface area (TPSA) is 75.4 Å². The second-order valence-electron chi connectivity index (χ2n) is 4.93. The molecule has 0 spiro atoms. The van der Waals surface area contributed by atoms with Gasteiger partial charge in [0.05, 0.1) is 4.88 Å². The Hall–Kier alpha value is -1.40. The van der Waals surface area contributed by atoms with Crippen molar-refractivity contribution >= 4 is 23.2 Å². The number of likely N-dealkylation sites (tertiary alicyclic amines) is 1. The van der Waals surface area contributed by atoms with E-state index >= 15 is 0 Å². The zero-order chi connectivity index (χ0) is 14.2. The highest BCUT2D eigenvalue weighted by Gasteiger charge is 2.38. The lowest BCUT2D eigenvalue weighted by Gasteiger charge is -2.22. The van der Waals surface area contributed by atoms with Gasteiger partial charge in [-0.05, 0) is 31.9 Å². The number of nitrogens with one attached hydrogen (secondary N) is 1. The van der Waals surface area contributed by atoms with Gasteiger partial charge in [0.25, 0.3) is 5.91 Å². The fourth-order valence-electron chi connectivity index (χ4n) is 2.33. The smallest absolute Gasteiger partial charge is 0.264 e. The van der Waals surface area contributed by atoms with E-state index < -0.39 is 6.04 Å². The Morgan fingerprint density at radius 1 is 1.47 bits per heavy atom. The first-order valence-electron chi connectivity index (χ1n) is 6.29. The molecule has 19 heavy (non-hydrogen) atoms. The highest BCUT2D eigenvalue weighted by atomic mass is 32.1. The number of carbonyl (C=O) groups excluding carboxylic acids is 2. The Labute approximate surface area is 116 Å². The lowest BCUT2D eigenvalue weighted by Crippen LogP contribution is -2.44. The van der Waals surface area contributed by atoms with Crippen molar-refractivity contribution in [1.29, 1.82) is 0 Å². The molecule has 2 atom stereocenters. The molecule has 1 aliphatic heterocycles. The van der Waals surface area contributed by atoms with Crippen LogP contribution in [0.15, 0.2) is 6.07 Å². The highest BCUT2D eigenvalue weighted by molar-refractivity contribution is 7.14. The molecule has 0 radical (unpaired) electrons. The number of hydrogen-bond donors (Lipinski definition) is 2. The number of thiophene rings is 1. The van der Waals surface area contributed by atoms with E-state index in [9.17, 15) is 9.59 Å². The van der Waals surface area contributed by atoms with Crippen LogP contribution < -0.4 is 11.1 Å². The van der Waals surface area contributed by atoms with Crippen molar-refractivity contribution in [2.45, 2.75) is 32.4 Å². The third-order valence-corrected chi connectivity index (χ3v) is 4.66. The number of aryl methyl sites for hydroxylation is 2. The van der Waals surface area contributed by atoms with Crippen molar-refractivity contribution in [3.63, 3.8) is 0 Å². The fraction of sp³-hybridized carbons (Fsp3) is 0.538. The van der Waals surface area contributed by atoms with Crippen molar-refractivity contribution in [2.75, 3.05) is 13.6 Å². The van der Waals surface area contributed by atoms with E-state index in [4.69, 9.17) is 5.73 Å². The van der Waals surface area contributed by atoms with Crippen LogP contribution in [-0.4, -0.2) is 42.4 Å². The van der Waals surface area contributed by atoms with Crippen LogP contribution in [0.25, 0.3) is 0 Å². The first-order valence-corrected chi connectivity index (χ1v) is 7.11. The summed E-state index contributed by atoms with van der Waals surface area (Å²) >= 11 is 1.47. The summed E-state index contributed by atoms with van der Waals surface area (Å²) < 4.78 is 0. The number of likely N-dealkylation sites (N-methyl/N-ethyl adjacent to an activating group) is 1. The molecule has 2 amide bonds. The van der Waals surface area contributed by atoms with Gasteiger partial charge in [0.1, 0.15) is 6.04 Å². The van der Waals surface area contributed by atoms with Crippen LogP contribution in [0, 0.1) is 13.8 Å². The monoisotopic (exact) mass is 281 g/mol. The molecule has 0 aromatic carbocycles. The molecule has 3 N–H and O–H groups in total. The SMILES string of the molecule is CNC(=O)[C@@H]1C[C@H](N)CN1C(=O)c1cc(C)c(C)s1. The summed E-state index contributed by atoms with van der Waals surface area (Å²) in [5.74, 6) is -0.242. The zero-order valence-corrected chi connectivity index (χ0v) is 12.2. The van der Waals surface area contributed by atoms with Gasteiger partial charge in [-0.3, -0.25) is 9.59 Å². The van der Waals surface area contributed by atoms with Gasteiger partial charge in [0.2, 0.25) is 5.91 Å². The lowest BCUT2D eigenvalue weighted by atomic mass is 10.1. The molecule has 0 saturated carbocycles. The second kappa shape index (κ2) is 5.30. The van der Waals surface area contributed by atoms with Crippen LogP contribution in [-0.2, 0) is 4.79 Å². The largest absolute Gasteiger partial charge is 0.357 e. The summed E-state index contributed by atoms with van der Waals surface area (Å²) in [5.41, 5.74) is 6.99. The number of amides is 2. The molecule has 1 saturated heterocycles. The van der Waals surface area contributed by atoms with Crippen molar-refractivity contribution < 1.29 is 9.59 Å². The minimum Gasteiger partial charge on any atom is -0.357 e. The van der Waals surface area contributed by atoms with E-state index in [2.05, 4.69) is 5.32 Å². The van der Waals surface area contributed by atoms with E-state index in [1.807, 2.05) is 19.9 Å². The van der Waals surface area contributed by atoms with Crippen LogP contribution in [0.1, 0.15) is 26.5 Å². The first kappa shape index (κ1) is 14.0. The van der Waals surface area contributed by atoms with Crippen LogP contribution in [0.2, 0.25) is 0 Å².